The van der Waals surface area contributed by atoms with Gasteiger partial charge in [0, 0.05) is 12.1 Å². The molecule has 0 atom stereocenters. The third kappa shape index (κ3) is 4.85. The minimum absolute atomic E-state index is 0.113. The first kappa shape index (κ1) is 13.5. The number of hydrogen-bond acceptors (Lipinski definition) is 2. The van der Waals surface area contributed by atoms with Crippen molar-refractivity contribution in [2.75, 3.05) is 0 Å². The van der Waals surface area contributed by atoms with Gasteiger partial charge in [0.1, 0.15) is 0 Å². The van der Waals surface area contributed by atoms with Crippen molar-refractivity contribution in [1.29, 1.82) is 0 Å². The smallest absolute Gasteiger partial charge is 0.310 e. The summed E-state index contributed by atoms with van der Waals surface area (Å²) in [5.41, 5.74) is 1.19. The monoisotopic (exact) mass is 236 g/mol. The maximum atomic E-state index is 11.5. The van der Waals surface area contributed by atoms with Crippen molar-refractivity contribution in [3.8, 4) is 0 Å². The van der Waals surface area contributed by atoms with Crippen molar-refractivity contribution in [3.05, 3.63) is 27.9 Å². The fourth-order valence-corrected chi connectivity index (χ4v) is 1.64. The summed E-state index contributed by atoms with van der Waals surface area (Å²) in [5.74, 6) is 0.113. The summed E-state index contributed by atoms with van der Waals surface area (Å²) in [7, 11) is 0. The van der Waals surface area contributed by atoms with Gasteiger partial charge in [-0.2, -0.15) is 0 Å². The number of imidazole rings is 1. The lowest BCUT2D eigenvalue weighted by atomic mass is 10.1. The Morgan fingerprint density at radius 2 is 2.00 bits per heavy atom. The molecule has 1 rings (SSSR count). The molecule has 17 heavy (non-hydrogen) atoms. The molecule has 0 radical (unpaired) electrons. The van der Waals surface area contributed by atoms with Gasteiger partial charge < -0.3 is 9.97 Å². The van der Waals surface area contributed by atoms with Crippen LogP contribution in [0.5, 0.6) is 0 Å². The molecule has 0 aromatic carbocycles. The Morgan fingerprint density at radius 3 is 2.59 bits per heavy atom. The Bertz CT molecular complexity index is 441. The van der Waals surface area contributed by atoms with Gasteiger partial charge in [-0.05, 0) is 25.5 Å². The van der Waals surface area contributed by atoms with Gasteiger partial charge in [0.2, 0.25) is 0 Å². The van der Waals surface area contributed by atoms with E-state index < -0.39 is 0 Å². The van der Waals surface area contributed by atoms with E-state index in [4.69, 9.17) is 0 Å². The van der Waals surface area contributed by atoms with Crippen LogP contribution in [-0.4, -0.2) is 15.8 Å². The summed E-state index contributed by atoms with van der Waals surface area (Å²) < 4.78 is 0. The van der Waals surface area contributed by atoms with Gasteiger partial charge in [-0.1, -0.05) is 26.2 Å². The number of carbonyl (C=O) groups excluding carboxylic acids is 1. The van der Waals surface area contributed by atoms with Crippen molar-refractivity contribution in [2.24, 2.45) is 0 Å². The van der Waals surface area contributed by atoms with E-state index >= 15 is 0 Å². The summed E-state index contributed by atoms with van der Waals surface area (Å²) in [6.45, 7) is 3.94. The zero-order valence-electron chi connectivity index (χ0n) is 10.5. The van der Waals surface area contributed by atoms with E-state index in [1.165, 1.54) is 18.9 Å². The molecule has 4 nitrogen and oxygen atoms in total. The molecular weight excluding hydrogens is 216 g/mol. The van der Waals surface area contributed by atoms with E-state index in [1.807, 2.05) is 0 Å². The molecule has 0 saturated carbocycles. The molecule has 0 bridgehead atoms. The van der Waals surface area contributed by atoms with Crippen molar-refractivity contribution in [1.82, 2.24) is 9.97 Å². The Hall–Kier alpha value is -1.58. The van der Waals surface area contributed by atoms with Crippen LogP contribution < -0.4 is 5.69 Å². The molecule has 0 aliphatic carbocycles. The Labute approximate surface area is 101 Å². The number of ketones is 1. The number of aromatic amines is 2. The molecule has 1 heterocycles. The first-order valence-electron chi connectivity index (χ1n) is 6.13. The number of rotatable bonds is 7. The van der Waals surface area contributed by atoms with Crippen molar-refractivity contribution in [2.45, 2.75) is 46.0 Å². The lowest BCUT2D eigenvalue weighted by molar-refractivity contribution is -0.114. The third-order valence-corrected chi connectivity index (χ3v) is 2.67. The van der Waals surface area contributed by atoms with E-state index in [0.29, 0.717) is 12.1 Å². The Kier molecular flexibility index (Phi) is 5.46. The maximum Gasteiger partial charge on any atom is 0.323 e. The highest BCUT2D eigenvalue weighted by Gasteiger charge is 2.00. The number of carbonyl (C=O) groups is 1. The summed E-state index contributed by atoms with van der Waals surface area (Å²) in [6, 6.07) is 0. The van der Waals surface area contributed by atoms with Gasteiger partial charge in [-0.3, -0.25) is 4.79 Å². The van der Waals surface area contributed by atoms with E-state index in [1.54, 1.807) is 13.0 Å². The lowest BCUT2D eigenvalue weighted by Gasteiger charge is -1.95. The topological polar surface area (TPSA) is 65.7 Å². The van der Waals surface area contributed by atoms with Crippen LogP contribution >= 0.6 is 0 Å². The number of aromatic nitrogens is 2. The number of nitrogens with one attached hydrogen (secondary N) is 2. The fourth-order valence-electron chi connectivity index (χ4n) is 1.64. The molecule has 0 aliphatic heterocycles. The molecule has 0 amide bonds. The molecule has 0 unspecified atom stereocenters. The molecule has 94 valence electrons. The summed E-state index contributed by atoms with van der Waals surface area (Å²) in [6.07, 6.45) is 8.20. The van der Waals surface area contributed by atoms with E-state index in [0.717, 1.165) is 18.5 Å². The van der Waals surface area contributed by atoms with Gasteiger partial charge in [-0.25, -0.2) is 4.79 Å². The van der Waals surface area contributed by atoms with Crippen LogP contribution in [0.2, 0.25) is 0 Å². The van der Waals surface area contributed by atoms with Crippen LogP contribution in [0, 0.1) is 6.92 Å². The number of unbranched alkanes of at least 4 members (excludes halogenated alkanes) is 3. The van der Waals surface area contributed by atoms with Gasteiger partial charge in [0.25, 0.3) is 0 Å². The molecule has 2 N–H and O–H groups in total. The predicted octanol–water partition coefficient (Wildman–Crippen LogP) is 2.56. The summed E-state index contributed by atoms with van der Waals surface area (Å²) >= 11 is 0. The zero-order chi connectivity index (χ0) is 12.7. The second-order valence-electron chi connectivity index (χ2n) is 4.23. The van der Waals surface area contributed by atoms with Crippen molar-refractivity contribution in [3.63, 3.8) is 0 Å². The van der Waals surface area contributed by atoms with Gasteiger partial charge in [-0.15, -0.1) is 0 Å². The van der Waals surface area contributed by atoms with Gasteiger partial charge in [0.05, 0.1) is 5.69 Å². The minimum atomic E-state index is -0.238. The van der Waals surface area contributed by atoms with E-state index in [-0.39, 0.29) is 11.5 Å². The fraction of sp³-hybridized carbons (Fsp3) is 0.538. The predicted molar refractivity (Wildman–Crippen MR) is 69.0 cm³/mol. The number of aryl methyl sites for hydroxylation is 1. The standard InChI is InChI=1S/C13H20N2O2/c1-3-4-5-6-7-11(16)8-9-12-10(2)14-13(17)15-12/h8-9H,3-7H2,1-2H3,(H2,14,15,17)/b9-8+. The molecule has 0 spiro atoms. The molecule has 4 heteroatoms. The third-order valence-electron chi connectivity index (χ3n) is 2.67. The zero-order valence-corrected chi connectivity index (χ0v) is 10.5. The van der Waals surface area contributed by atoms with E-state index in [2.05, 4.69) is 16.9 Å². The maximum absolute atomic E-state index is 11.5. The van der Waals surface area contributed by atoms with Crippen molar-refractivity contribution < 1.29 is 4.79 Å². The molecule has 0 fully saturated rings. The highest BCUT2D eigenvalue weighted by Crippen LogP contribution is 2.05. The first-order valence-corrected chi connectivity index (χ1v) is 6.13. The SMILES string of the molecule is CCCCCCC(=O)/C=C/c1[nH]c(=O)[nH]c1C. The molecular formula is C13H20N2O2. The largest absolute Gasteiger partial charge is 0.323 e. The lowest BCUT2D eigenvalue weighted by Crippen LogP contribution is -2.00. The second-order valence-corrected chi connectivity index (χ2v) is 4.23. The van der Waals surface area contributed by atoms with E-state index in [9.17, 15) is 9.59 Å². The van der Waals surface area contributed by atoms with Crippen LogP contribution in [0.3, 0.4) is 0 Å². The van der Waals surface area contributed by atoms with Gasteiger partial charge in [0.15, 0.2) is 5.78 Å². The Morgan fingerprint density at radius 1 is 1.24 bits per heavy atom. The minimum Gasteiger partial charge on any atom is -0.310 e. The molecule has 0 saturated heterocycles. The van der Waals surface area contributed by atoms with Crippen LogP contribution in [0.1, 0.15) is 50.4 Å². The quantitative estimate of drug-likeness (QED) is 0.564. The highest BCUT2D eigenvalue weighted by molar-refractivity contribution is 5.93. The van der Waals surface area contributed by atoms with Crippen LogP contribution in [0.15, 0.2) is 10.9 Å². The number of H-pyrrole nitrogens is 2. The highest BCUT2D eigenvalue weighted by atomic mass is 16.1. The molecule has 1 aromatic heterocycles. The first-order chi connectivity index (χ1) is 8.13. The summed E-state index contributed by atoms with van der Waals surface area (Å²) in [4.78, 5) is 27.7. The molecule has 0 aliphatic rings. The number of hydrogen-bond donors (Lipinski definition) is 2. The van der Waals surface area contributed by atoms with Crippen molar-refractivity contribution >= 4 is 11.9 Å². The normalized spacial score (nSPS) is 11.2. The average Bonchev–Trinajstić information content (AvgIpc) is 2.61. The van der Waals surface area contributed by atoms with Gasteiger partial charge >= 0.3 is 5.69 Å². The number of allylic oxidation sites excluding steroid dienone is 1. The average molecular weight is 236 g/mol. The Balaban J connectivity index is 2.40. The summed E-state index contributed by atoms with van der Waals surface area (Å²) in [5, 5.41) is 0. The van der Waals surface area contributed by atoms with Crippen LogP contribution in [0.25, 0.3) is 6.08 Å². The van der Waals surface area contributed by atoms with Crippen LogP contribution in [-0.2, 0) is 4.79 Å². The molecule has 1 aromatic rings. The van der Waals surface area contributed by atoms with Crippen LogP contribution in [0.4, 0.5) is 0 Å². The second kappa shape index (κ2) is 6.89.